The zero-order valence-electron chi connectivity index (χ0n) is 13.1. The van der Waals surface area contributed by atoms with E-state index in [4.69, 9.17) is 4.74 Å². The van der Waals surface area contributed by atoms with Gasteiger partial charge in [0.1, 0.15) is 11.6 Å². The fourth-order valence-corrected chi connectivity index (χ4v) is 2.87. The number of hydrogen-bond acceptors (Lipinski definition) is 3. The van der Waals surface area contributed by atoms with Crippen LogP contribution in [0.25, 0.3) is 0 Å². The van der Waals surface area contributed by atoms with Gasteiger partial charge in [-0.3, -0.25) is 4.90 Å². The van der Waals surface area contributed by atoms with Gasteiger partial charge in [0.2, 0.25) is 0 Å². The summed E-state index contributed by atoms with van der Waals surface area (Å²) in [4.78, 5) is 2.48. The second-order valence-corrected chi connectivity index (χ2v) is 5.82. The van der Waals surface area contributed by atoms with Crippen molar-refractivity contribution in [2.45, 2.75) is 26.3 Å². The Hall–Kier alpha value is -0.840. The predicted octanol–water partition coefficient (Wildman–Crippen LogP) is 3.25. The zero-order chi connectivity index (χ0) is 14.5. The first kappa shape index (κ1) is 18.2. The quantitative estimate of drug-likeness (QED) is 0.902. The third-order valence-corrected chi connectivity index (χ3v) is 3.84. The van der Waals surface area contributed by atoms with Crippen molar-refractivity contribution in [3.05, 3.63) is 29.6 Å². The van der Waals surface area contributed by atoms with Crippen LogP contribution in [0.4, 0.5) is 4.39 Å². The standard InChI is InChI=1S/C16H25FN2O.ClH/c1-12(2)10-15(19-8-6-18-7-9-19)14-5-4-13(17)11-16(14)20-3;/h4-5,11-12,15,18H,6-10H2,1-3H3;1H/t15-;/m0./s1. The van der Waals surface area contributed by atoms with Crippen molar-refractivity contribution in [3.63, 3.8) is 0 Å². The molecule has 1 aromatic carbocycles. The van der Waals surface area contributed by atoms with E-state index in [1.807, 2.05) is 6.07 Å². The smallest absolute Gasteiger partial charge is 0.126 e. The summed E-state index contributed by atoms with van der Waals surface area (Å²) in [6.07, 6.45) is 1.06. The van der Waals surface area contributed by atoms with Crippen molar-refractivity contribution >= 4 is 12.4 Å². The van der Waals surface area contributed by atoms with Crippen LogP contribution >= 0.6 is 12.4 Å². The average molecular weight is 317 g/mol. The number of halogens is 2. The monoisotopic (exact) mass is 316 g/mol. The minimum Gasteiger partial charge on any atom is -0.496 e. The summed E-state index contributed by atoms with van der Waals surface area (Å²) in [6.45, 7) is 8.53. The summed E-state index contributed by atoms with van der Waals surface area (Å²) in [5.41, 5.74) is 1.10. The average Bonchev–Trinajstić information content (AvgIpc) is 2.45. The molecule has 0 radical (unpaired) electrons. The fraction of sp³-hybridized carbons (Fsp3) is 0.625. The summed E-state index contributed by atoms with van der Waals surface area (Å²) in [5.74, 6) is 1.01. The molecule has 1 aromatic rings. The van der Waals surface area contributed by atoms with Gasteiger partial charge < -0.3 is 10.1 Å². The summed E-state index contributed by atoms with van der Waals surface area (Å²) in [6, 6.07) is 5.20. The number of rotatable bonds is 5. The summed E-state index contributed by atoms with van der Waals surface area (Å²) >= 11 is 0. The van der Waals surface area contributed by atoms with E-state index in [0.29, 0.717) is 17.7 Å². The van der Waals surface area contributed by atoms with Crippen LogP contribution in [0.15, 0.2) is 18.2 Å². The van der Waals surface area contributed by atoms with Crippen LogP contribution in [0.5, 0.6) is 5.75 Å². The van der Waals surface area contributed by atoms with E-state index >= 15 is 0 Å². The first-order valence-corrected chi connectivity index (χ1v) is 7.40. The van der Waals surface area contributed by atoms with Crippen molar-refractivity contribution in [2.24, 2.45) is 5.92 Å². The molecule has 0 bridgehead atoms. The molecule has 120 valence electrons. The number of benzene rings is 1. The van der Waals surface area contributed by atoms with Crippen LogP contribution in [0.3, 0.4) is 0 Å². The van der Waals surface area contributed by atoms with E-state index in [2.05, 4.69) is 24.1 Å². The highest BCUT2D eigenvalue weighted by atomic mass is 35.5. The predicted molar refractivity (Wildman–Crippen MR) is 86.8 cm³/mol. The molecule has 0 unspecified atom stereocenters. The second kappa shape index (κ2) is 8.57. The molecular weight excluding hydrogens is 291 g/mol. The minimum atomic E-state index is -0.241. The first-order chi connectivity index (χ1) is 9.61. The van der Waals surface area contributed by atoms with E-state index in [1.54, 1.807) is 7.11 Å². The number of ether oxygens (including phenoxy) is 1. The summed E-state index contributed by atoms with van der Waals surface area (Å²) < 4.78 is 18.8. The Balaban J connectivity index is 0.00000220. The lowest BCUT2D eigenvalue weighted by Gasteiger charge is -2.36. The number of methoxy groups -OCH3 is 1. The van der Waals surface area contributed by atoms with E-state index in [1.165, 1.54) is 12.1 Å². The molecule has 1 fully saturated rings. The van der Waals surface area contributed by atoms with E-state index < -0.39 is 0 Å². The van der Waals surface area contributed by atoms with Gasteiger partial charge in [-0.2, -0.15) is 0 Å². The SMILES string of the molecule is COc1cc(F)ccc1[C@H](CC(C)C)N1CCNCC1.Cl. The molecule has 5 heteroatoms. The number of nitrogens with zero attached hydrogens (tertiary/aromatic N) is 1. The third kappa shape index (κ3) is 4.83. The maximum absolute atomic E-state index is 13.4. The molecule has 0 amide bonds. The molecular formula is C16H26ClFN2O. The lowest BCUT2D eigenvalue weighted by molar-refractivity contribution is 0.151. The zero-order valence-corrected chi connectivity index (χ0v) is 13.9. The summed E-state index contributed by atoms with van der Waals surface area (Å²) in [5, 5.41) is 3.38. The molecule has 1 saturated heterocycles. The molecule has 1 atom stereocenters. The van der Waals surface area contributed by atoms with Gasteiger partial charge >= 0.3 is 0 Å². The number of nitrogens with one attached hydrogen (secondary N) is 1. The van der Waals surface area contributed by atoms with E-state index in [9.17, 15) is 4.39 Å². The number of piperazine rings is 1. The van der Waals surface area contributed by atoms with Crippen LogP contribution in [0.1, 0.15) is 31.9 Å². The summed E-state index contributed by atoms with van der Waals surface area (Å²) in [7, 11) is 1.61. The molecule has 1 heterocycles. The van der Waals surface area contributed by atoms with Crippen molar-refractivity contribution in [3.8, 4) is 5.75 Å². The fourth-order valence-electron chi connectivity index (χ4n) is 2.87. The van der Waals surface area contributed by atoms with Gasteiger partial charge in [-0.25, -0.2) is 4.39 Å². The Bertz CT molecular complexity index is 436. The third-order valence-electron chi connectivity index (χ3n) is 3.84. The van der Waals surface area contributed by atoms with Gasteiger partial charge in [-0.05, 0) is 18.4 Å². The highest BCUT2D eigenvalue weighted by molar-refractivity contribution is 5.85. The van der Waals surface area contributed by atoms with Crippen molar-refractivity contribution in [1.82, 2.24) is 10.2 Å². The van der Waals surface area contributed by atoms with Crippen LogP contribution in [-0.2, 0) is 0 Å². The molecule has 1 N–H and O–H groups in total. The molecule has 0 aromatic heterocycles. The highest BCUT2D eigenvalue weighted by Gasteiger charge is 2.25. The number of hydrogen-bond donors (Lipinski definition) is 1. The Morgan fingerprint density at radius 3 is 2.52 bits per heavy atom. The van der Waals surface area contributed by atoms with Gasteiger partial charge in [0.25, 0.3) is 0 Å². The van der Waals surface area contributed by atoms with E-state index in [0.717, 1.165) is 38.2 Å². The van der Waals surface area contributed by atoms with E-state index in [-0.39, 0.29) is 18.2 Å². The van der Waals surface area contributed by atoms with Crippen LogP contribution < -0.4 is 10.1 Å². The Morgan fingerprint density at radius 2 is 1.95 bits per heavy atom. The molecule has 21 heavy (non-hydrogen) atoms. The molecule has 1 aliphatic rings. The molecule has 0 saturated carbocycles. The van der Waals surface area contributed by atoms with Crippen LogP contribution in [0, 0.1) is 11.7 Å². The van der Waals surface area contributed by atoms with Crippen molar-refractivity contribution in [1.29, 1.82) is 0 Å². The Morgan fingerprint density at radius 1 is 1.29 bits per heavy atom. The largest absolute Gasteiger partial charge is 0.496 e. The first-order valence-electron chi connectivity index (χ1n) is 7.40. The van der Waals surface area contributed by atoms with Gasteiger partial charge in [0.05, 0.1) is 7.11 Å². The topological polar surface area (TPSA) is 24.5 Å². The van der Waals surface area contributed by atoms with Gasteiger partial charge in [-0.15, -0.1) is 12.4 Å². The Labute approximate surface area is 133 Å². The molecule has 2 rings (SSSR count). The van der Waals surface area contributed by atoms with Gasteiger partial charge in [0.15, 0.2) is 0 Å². The van der Waals surface area contributed by atoms with Gasteiger partial charge in [-0.1, -0.05) is 19.9 Å². The minimum absolute atomic E-state index is 0. The van der Waals surface area contributed by atoms with Crippen LogP contribution in [0.2, 0.25) is 0 Å². The van der Waals surface area contributed by atoms with Crippen molar-refractivity contribution in [2.75, 3.05) is 33.3 Å². The molecule has 1 aliphatic heterocycles. The maximum atomic E-state index is 13.4. The molecule has 0 spiro atoms. The second-order valence-electron chi connectivity index (χ2n) is 5.82. The Kier molecular flexibility index (Phi) is 7.43. The maximum Gasteiger partial charge on any atom is 0.126 e. The van der Waals surface area contributed by atoms with Gasteiger partial charge in [0, 0.05) is 43.9 Å². The lowest BCUT2D eigenvalue weighted by Crippen LogP contribution is -2.45. The lowest BCUT2D eigenvalue weighted by atomic mass is 9.94. The van der Waals surface area contributed by atoms with Crippen molar-refractivity contribution < 1.29 is 9.13 Å². The normalized spacial score (nSPS) is 17.4. The molecule has 0 aliphatic carbocycles. The van der Waals surface area contributed by atoms with Crippen LogP contribution in [-0.4, -0.2) is 38.2 Å². The highest BCUT2D eigenvalue weighted by Crippen LogP contribution is 2.34. The molecule has 3 nitrogen and oxygen atoms in total.